The molecule has 0 bridgehead atoms. The molecule has 0 aromatic heterocycles. The second-order valence-electron chi connectivity index (χ2n) is 9.68. The van der Waals surface area contributed by atoms with Gasteiger partial charge in [0.15, 0.2) is 6.10 Å². The zero-order chi connectivity index (χ0) is 23.2. The maximum Gasteiger partial charge on any atom is 0.265 e. The van der Waals surface area contributed by atoms with Gasteiger partial charge in [-0.25, -0.2) is 0 Å². The van der Waals surface area contributed by atoms with Gasteiger partial charge >= 0.3 is 0 Å². The van der Waals surface area contributed by atoms with Crippen LogP contribution in [0.3, 0.4) is 0 Å². The predicted molar refractivity (Wildman–Crippen MR) is 126 cm³/mol. The Hall–Kier alpha value is -3.02. The minimum Gasteiger partial charge on any atom is -0.480 e. The van der Waals surface area contributed by atoms with Crippen LogP contribution in [0.15, 0.2) is 42.5 Å². The number of anilines is 2. The molecule has 1 unspecified atom stereocenters. The molecule has 0 aliphatic rings. The SMILES string of the molecule is CCC(Oc1ccc(C(C)(C)C)cc1C(C)(C)C)C(=O)Nc1cccc(NNC=O)c1. The van der Waals surface area contributed by atoms with Crippen LogP contribution in [0.5, 0.6) is 5.75 Å². The van der Waals surface area contributed by atoms with E-state index in [1.54, 1.807) is 24.3 Å². The van der Waals surface area contributed by atoms with Crippen molar-refractivity contribution in [3.05, 3.63) is 53.6 Å². The van der Waals surface area contributed by atoms with Crippen LogP contribution in [-0.2, 0) is 20.4 Å². The van der Waals surface area contributed by atoms with Gasteiger partial charge in [0, 0.05) is 5.69 Å². The van der Waals surface area contributed by atoms with Crippen LogP contribution in [0, 0.1) is 0 Å². The summed E-state index contributed by atoms with van der Waals surface area (Å²) in [4.78, 5) is 23.4. The Kier molecular flexibility index (Phi) is 7.71. The van der Waals surface area contributed by atoms with E-state index in [0.717, 1.165) is 11.3 Å². The van der Waals surface area contributed by atoms with E-state index in [1.807, 2.05) is 13.0 Å². The number of rotatable bonds is 8. The third kappa shape index (κ3) is 6.74. The van der Waals surface area contributed by atoms with Crippen molar-refractivity contribution in [1.82, 2.24) is 5.43 Å². The molecule has 0 saturated heterocycles. The normalized spacial score (nSPS) is 12.6. The molecule has 0 aliphatic carbocycles. The lowest BCUT2D eigenvalue weighted by atomic mass is 9.80. The largest absolute Gasteiger partial charge is 0.480 e. The maximum atomic E-state index is 12.9. The van der Waals surface area contributed by atoms with Crippen LogP contribution in [0.25, 0.3) is 0 Å². The number of ether oxygens (including phenoxy) is 1. The number of hydrogen-bond acceptors (Lipinski definition) is 4. The molecule has 2 aromatic carbocycles. The van der Waals surface area contributed by atoms with Crippen LogP contribution in [0.2, 0.25) is 0 Å². The quantitative estimate of drug-likeness (QED) is 0.404. The lowest BCUT2D eigenvalue weighted by Gasteiger charge is -2.28. The zero-order valence-corrected chi connectivity index (χ0v) is 19.6. The van der Waals surface area contributed by atoms with E-state index in [9.17, 15) is 9.59 Å². The van der Waals surface area contributed by atoms with Gasteiger partial charge < -0.3 is 10.1 Å². The minimum atomic E-state index is -0.633. The highest BCUT2D eigenvalue weighted by molar-refractivity contribution is 5.94. The molecule has 0 aliphatic heterocycles. The summed E-state index contributed by atoms with van der Waals surface area (Å²) in [5.41, 5.74) is 8.59. The number of nitrogens with one attached hydrogen (secondary N) is 3. The second kappa shape index (κ2) is 9.86. The average molecular weight is 426 g/mol. The summed E-state index contributed by atoms with van der Waals surface area (Å²) in [5.74, 6) is 0.510. The average Bonchev–Trinajstić information content (AvgIpc) is 2.69. The molecular formula is C25H35N3O3. The van der Waals surface area contributed by atoms with E-state index in [4.69, 9.17) is 4.74 Å². The second-order valence-corrected chi connectivity index (χ2v) is 9.68. The van der Waals surface area contributed by atoms with Gasteiger partial charge in [-0.05, 0) is 52.6 Å². The van der Waals surface area contributed by atoms with E-state index < -0.39 is 6.10 Å². The molecule has 0 spiro atoms. The molecule has 3 N–H and O–H groups in total. The highest BCUT2D eigenvalue weighted by Crippen LogP contribution is 2.36. The molecule has 168 valence electrons. The van der Waals surface area contributed by atoms with Crippen molar-refractivity contribution >= 4 is 23.7 Å². The van der Waals surface area contributed by atoms with Crippen LogP contribution in [-0.4, -0.2) is 18.4 Å². The Balaban J connectivity index is 2.24. The van der Waals surface area contributed by atoms with Crippen molar-refractivity contribution in [2.75, 3.05) is 10.7 Å². The first kappa shape index (κ1) is 24.3. The van der Waals surface area contributed by atoms with Gasteiger partial charge in [0.05, 0.1) is 5.69 Å². The summed E-state index contributed by atoms with van der Waals surface area (Å²) >= 11 is 0. The third-order valence-electron chi connectivity index (χ3n) is 4.99. The van der Waals surface area contributed by atoms with Crippen molar-refractivity contribution in [3.8, 4) is 5.75 Å². The third-order valence-corrected chi connectivity index (χ3v) is 4.99. The van der Waals surface area contributed by atoms with Gasteiger partial charge in [-0.15, -0.1) is 0 Å². The first-order chi connectivity index (χ1) is 14.5. The van der Waals surface area contributed by atoms with Gasteiger partial charge in [-0.1, -0.05) is 66.7 Å². The smallest absolute Gasteiger partial charge is 0.265 e. The Morgan fingerprint density at radius 2 is 1.68 bits per heavy atom. The Morgan fingerprint density at radius 1 is 1.00 bits per heavy atom. The molecule has 6 heteroatoms. The first-order valence-electron chi connectivity index (χ1n) is 10.6. The van der Waals surface area contributed by atoms with E-state index in [1.165, 1.54) is 5.56 Å². The van der Waals surface area contributed by atoms with Crippen LogP contribution < -0.4 is 20.9 Å². The van der Waals surface area contributed by atoms with Crippen molar-refractivity contribution in [3.63, 3.8) is 0 Å². The van der Waals surface area contributed by atoms with Gasteiger partial charge in [0.2, 0.25) is 6.41 Å². The van der Waals surface area contributed by atoms with Crippen LogP contribution in [0.4, 0.5) is 11.4 Å². The Morgan fingerprint density at radius 3 is 2.26 bits per heavy atom. The summed E-state index contributed by atoms with van der Waals surface area (Å²) < 4.78 is 6.23. The van der Waals surface area contributed by atoms with E-state index >= 15 is 0 Å². The highest BCUT2D eigenvalue weighted by atomic mass is 16.5. The van der Waals surface area contributed by atoms with Gasteiger partial charge in [0.1, 0.15) is 5.75 Å². The molecule has 0 saturated carbocycles. The fraction of sp³-hybridized carbons (Fsp3) is 0.440. The summed E-state index contributed by atoms with van der Waals surface area (Å²) in [5, 5.41) is 2.90. The molecular weight excluding hydrogens is 390 g/mol. The topological polar surface area (TPSA) is 79.5 Å². The van der Waals surface area contributed by atoms with Crippen LogP contribution in [0.1, 0.15) is 66.0 Å². The number of amides is 2. The fourth-order valence-electron chi connectivity index (χ4n) is 3.17. The van der Waals surface area contributed by atoms with E-state index in [2.05, 4.69) is 69.8 Å². The zero-order valence-electron chi connectivity index (χ0n) is 19.6. The molecule has 31 heavy (non-hydrogen) atoms. The van der Waals surface area contributed by atoms with Crippen molar-refractivity contribution in [2.45, 2.75) is 71.8 Å². The van der Waals surface area contributed by atoms with E-state index in [-0.39, 0.29) is 16.7 Å². The molecule has 0 radical (unpaired) electrons. The lowest BCUT2D eigenvalue weighted by Crippen LogP contribution is -2.33. The Labute approximate surface area is 185 Å². The van der Waals surface area contributed by atoms with Crippen molar-refractivity contribution < 1.29 is 14.3 Å². The predicted octanol–water partition coefficient (Wildman–Crippen LogP) is 5.15. The molecule has 0 heterocycles. The highest BCUT2D eigenvalue weighted by Gasteiger charge is 2.26. The number of carbonyl (C=O) groups excluding carboxylic acids is 2. The van der Waals surface area contributed by atoms with E-state index in [0.29, 0.717) is 24.2 Å². The molecule has 2 amide bonds. The summed E-state index contributed by atoms with van der Waals surface area (Å²) in [6, 6.07) is 13.3. The number of hydrazine groups is 1. The Bertz CT molecular complexity index is 911. The maximum absolute atomic E-state index is 12.9. The van der Waals surface area contributed by atoms with Gasteiger partial charge in [-0.3, -0.25) is 20.4 Å². The first-order valence-corrected chi connectivity index (χ1v) is 10.6. The minimum absolute atomic E-state index is 0.0256. The van der Waals surface area contributed by atoms with Crippen LogP contribution >= 0.6 is 0 Å². The van der Waals surface area contributed by atoms with Crippen molar-refractivity contribution in [2.24, 2.45) is 0 Å². The summed E-state index contributed by atoms with van der Waals surface area (Å²) in [6.45, 7) is 14.9. The molecule has 1 atom stereocenters. The lowest BCUT2D eigenvalue weighted by molar-refractivity contribution is -0.122. The standard InChI is InChI=1S/C25H35N3O3/c1-8-21(23(30)27-18-10-9-11-19(15-18)28-26-16-29)31-22-13-12-17(24(2,3)4)14-20(22)25(5,6)7/h9-16,21,28H,8H2,1-7H3,(H,26,29)(H,27,30). The number of carbonyl (C=O) groups is 2. The monoisotopic (exact) mass is 425 g/mol. The molecule has 6 nitrogen and oxygen atoms in total. The summed E-state index contributed by atoms with van der Waals surface area (Å²) in [7, 11) is 0. The fourth-order valence-corrected chi connectivity index (χ4v) is 3.17. The van der Waals surface area contributed by atoms with Gasteiger partial charge in [-0.2, -0.15) is 0 Å². The van der Waals surface area contributed by atoms with Crippen molar-refractivity contribution in [1.29, 1.82) is 0 Å². The molecule has 2 aromatic rings. The molecule has 2 rings (SSSR count). The number of benzene rings is 2. The van der Waals surface area contributed by atoms with Gasteiger partial charge in [0.25, 0.3) is 5.91 Å². The summed E-state index contributed by atoms with van der Waals surface area (Å²) in [6.07, 6.45) is 0.441. The number of hydrogen-bond donors (Lipinski definition) is 3. The molecule has 0 fully saturated rings.